The molecule has 132 valence electrons. The fourth-order valence-electron chi connectivity index (χ4n) is 3.40. The fourth-order valence-corrected chi connectivity index (χ4v) is 3.66. The predicted molar refractivity (Wildman–Crippen MR) is 101 cm³/mol. The van der Waals surface area contributed by atoms with E-state index in [9.17, 15) is 4.79 Å². The van der Waals surface area contributed by atoms with E-state index in [0.717, 1.165) is 24.1 Å². The van der Waals surface area contributed by atoms with Crippen LogP contribution in [0, 0.1) is 0 Å². The molecular weight excluding hydrogens is 348 g/mol. The van der Waals surface area contributed by atoms with Gasteiger partial charge in [0.25, 0.3) is 5.91 Å². The number of halogens is 1. The number of nitrogens with one attached hydrogen (secondary N) is 1. The van der Waals surface area contributed by atoms with Crippen molar-refractivity contribution in [3.63, 3.8) is 0 Å². The maximum Gasteiger partial charge on any atom is 0.253 e. The number of rotatable bonds is 4. The van der Waals surface area contributed by atoms with Crippen molar-refractivity contribution in [1.82, 2.24) is 20.1 Å². The summed E-state index contributed by atoms with van der Waals surface area (Å²) in [5.74, 6) is -0.182. The Morgan fingerprint density at radius 2 is 1.88 bits per heavy atom. The summed E-state index contributed by atoms with van der Waals surface area (Å²) in [6.07, 6.45) is 6.67. The molecule has 0 radical (unpaired) electrons. The zero-order chi connectivity index (χ0) is 18.1. The van der Waals surface area contributed by atoms with Crippen molar-refractivity contribution in [2.45, 2.75) is 32.2 Å². The van der Waals surface area contributed by atoms with E-state index in [1.807, 2.05) is 13.0 Å². The third-order valence-electron chi connectivity index (χ3n) is 4.88. The van der Waals surface area contributed by atoms with E-state index in [-0.39, 0.29) is 11.9 Å². The van der Waals surface area contributed by atoms with Crippen molar-refractivity contribution < 1.29 is 4.79 Å². The number of nitrogens with zero attached hydrogens (tertiary/aromatic N) is 3. The second kappa shape index (κ2) is 6.92. The Morgan fingerprint density at radius 3 is 2.65 bits per heavy atom. The second-order valence-electron chi connectivity index (χ2n) is 6.61. The molecule has 0 saturated heterocycles. The largest absolute Gasteiger partial charge is 0.345 e. The van der Waals surface area contributed by atoms with Crippen molar-refractivity contribution in [2.24, 2.45) is 0 Å². The molecular formula is C20H19ClN4O. The van der Waals surface area contributed by atoms with Crippen LogP contribution >= 0.6 is 11.6 Å². The minimum absolute atomic E-state index is 0.0815. The van der Waals surface area contributed by atoms with Gasteiger partial charge in [-0.2, -0.15) is 0 Å². The molecule has 1 atom stereocenters. The van der Waals surface area contributed by atoms with Crippen LogP contribution in [0.3, 0.4) is 0 Å². The van der Waals surface area contributed by atoms with Gasteiger partial charge < -0.3 is 5.32 Å². The molecule has 0 aliphatic heterocycles. The monoisotopic (exact) mass is 366 g/mol. The highest BCUT2D eigenvalue weighted by atomic mass is 35.5. The lowest BCUT2D eigenvalue weighted by molar-refractivity contribution is 0.0940. The standard InChI is InChI=1S/C20H19ClN4O/c1-13(15-6-5-14-3-2-4-16(14)9-15)24-20(26)18-8-7-17(10-19(18)21)25-11-22-23-12-25/h5-13H,2-4H2,1H3,(H,24,26)/t13-/m0/s1. The smallest absolute Gasteiger partial charge is 0.253 e. The second-order valence-corrected chi connectivity index (χ2v) is 7.02. The number of carbonyl (C=O) groups is 1. The number of benzene rings is 2. The molecule has 4 rings (SSSR count). The molecule has 2 aromatic carbocycles. The number of hydrogen-bond acceptors (Lipinski definition) is 3. The van der Waals surface area contributed by atoms with Crippen LogP contribution in [0.25, 0.3) is 5.69 Å². The van der Waals surface area contributed by atoms with Crippen molar-refractivity contribution in [3.05, 3.63) is 76.3 Å². The Labute approximate surface area is 157 Å². The van der Waals surface area contributed by atoms with Crippen LogP contribution in [0.4, 0.5) is 0 Å². The zero-order valence-electron chi connectivity index (χ0n) is 14.4. The molecule has 1 aromatic heterocycles. The Morgan fingerprint density at radius 1 is 1.12 bits per heavy atom. The van der Waals surface area contributed by atoms with Crippen LogP contribution in [0.1, 0.15) is 46.4 Å². The lowest BCUT2D eigenvalue weighted by Crippen LogP contribution is -2.27. The Bertz CT molecular complexity index is 952. The highest BCUT2D eigenvalue weighted by Crippen LogP contribution is 2.26. The fraction of sp³-hybridized carbons (Fsp3) is 0.250. The lowest BCUT2D eigenvalue weighted by Gasteiger charge is -2.16. The normalized spacial score (nSPS) is 14.1. The van der Waals surface area contributed by atoms with Crippen LogP contribution in [0.15, 0.2) is 49.1 Å². The van der Waals surface area contributed by atoms with E-state index in [0.29, 0.717) is 10.6 Å². The molecule has 0 saturated carbocycles. The summed E-state index contributed by atoms with van der Waals surface area (Å²) in [6.45, 7) is 1.99. The van der Waals surface area contributed by atoms with Crippen molar-refractivity contribution in [2.75, 3.05) is 0 Å². The van der Waals surface area contributed by atoms with Crippen LogP contribution < -0.4 is 5.32 Å². The van der Waals surface area contributed by atoms with Gasteiger partial charge in [-0.3, -0.25) is 9.36 Å². The summed E-state index contributed by atoms with van der Waals surface area (Å²) in [7, 11) is 0. The first kappa shape index (κ1) is 16.8. The van der Waals surface area contributed by atoms with Crippen LogP contribution in [0.5, 0.6) is 0 Å². The van der Waals surface area contributed by atoms with E-state index in [2.05, 4.69) is 33.7 Å². The van der Waals surface area contributed by atoms with E-state index in [1.54, 1.807) is 29.4 Å². The topological polar surface area (TPSA) is 59.8 Å². The van der Waals surface area contributed by atoms with Gasteiger partial charge in [0.05, 0.1) is 16.6 Å². The molecule has 1 aliphatic carbocycles. The maximum absolute atomic E-state index is 12.7. The number of carbonyl (C=O) groups excluding carboxylic acids is 1. The summed E-state index contributed by atoms with van der Waals surface area (Å²) in [6, 6.07) is 11.7. The summed E-state index contributed by atoms with van der Waals surface area (Å²) in [5, 5.41) is 11.0. The van der Waals surface area contributed by atoms with E-state index < -0.39 is 0 Å². The third-order valence-corrected chi connectivity index (χ3v) is 5.20. The molecule has 3 aromatic rings. The first-order chi connectivity index (χ1) is 12.6. The van der Waals surface area contributed by atoms with Gasteiger partial charge >= 0.3 is 0 Å². The van der Waals surface area contributed by atoms with Gasteiger partial charge in [-0.25, -0.2) is 0 Å². The van der Waals surface area contributed by atoms with Gasteiger partial charge in [-0.1, -0.05) is 29.8 Å². The number of aryl methyl sites for hydroxylation is 2. The summed E-state index contributed by atoms with van der Waals surface area (Å²) in [4.78, 5) is 12.7. The molecule has 0 spiro atoms. The van der Waals surface area contributed by atoms with Gasteiger partial charge in [0.15, 0.2) is 0 Å². The predicted octanol–water partition coefficient (Wildman–Crippen LogP) is 3.90. The minimum Gasteiger partial charge on any atom is -0.345 e. The van der Waals surface area contributed by atoms with E-state index in [1.165, 1.54) is 17.5 Å². The number of hydrogen-bond donors (Lipinski definition) is 1. The molecule has 5 nitrogen and oxygen atoms in total. The molecule has 1 N–H and O–H groups in total. The molecule has 1 aliphatic rings. The number of amides is 1. The van der Waals surface area contributed by atoms with Gasteiger partial charge in [-0.15, -0.1) is 10.2 Å². The molecule has 1 amide bonds. The van der Waals surface area contributed by atoms with E-state index in [4.69, 9.17) is 11.6 Å². The molecule has 26 heavy (non-hydrogen) atoms. The number of aromatic nitrogens is 3. The van der Waals surface area contributed by atoms with Gasteiger partial charge in [0.2, 0.25) is 0 Å². The number of fused-ring (bicyclic) bond motifs is 1. The molecule has 0 bridgehead atoms. The minimum atomic E-state index is -0.182. The molecule has 6 heteroatoms. The molecule has 0 fully saturated rings. The first-order valence-corrected chi connectivity index (χ1v) is 9.07. The van der Waals surface area contributed by atoms with E-state index >= 15 is 0 Å². The Kier molecular flexibility index (Phi) is 4.47. The Hall–Kier alpha value is -2.66. The van der Waals surface area contributed by atoms with Gasteiger partial charge in [-0.05, 0) is 61.1 Å². The lowest BCUT2D eigenvalue weighted by atomic mass is 10.0. The highest BCUT2D eigenvalue weighted by molar-refractivity contribution is 6.34. The van der Waals surface area contributed by atoms with Gasteiger partial charge in [0, 0.05) is 5.69 Å². The first-order valence-electron chi connectivity index (χ1n) is 8.69. The molecule has 1 heterocycles. The summed E-state index contributed by atoms with van der Waals surface area (Å²) < 4.78 is 1.74. The third kappa shape index (κ3) is 3.22. The maximum atomic E-state index is 12.7. The van der Waals surface area contributed by atoms with Crippen LogP contribution in [0.2, 0.25) is 5.02 Å². The van der Waals surface area contributed by atoms with Crippen molar-refractivity contribution in [1.29, 1.82) is 0 Å². The van der Waals surface area contributed by atoms with Crippen molar-refractivity contribution in [3.8, 4) is 5.69 Å². The van der Waals surface area contributed by atoms with Crippen LogP contribution in [-0.2, 0) is 12.8 Å². The molecule has 0 unspecified atom stereocenters. The highest BCUT2D eigenvalue weighted by Gasteiger charge is 2.17. The average Bonchev–Trinajstić information content (AvgIpc) is 3.32. The zero-order valence-corrected chi connectivity index (χ0v) is 15.2. The summed E-state index contributed by atoms with van der Waals surface area (Å²) in [5.41, 5.74) is 5.22. The van der Waals surface area contributed by atoms with Crippen molar-refractivity contribution >= 4 is 17.5 Å². The Balaban J connectivity index is 1.51. The quantitative estimate of drug-likeness (QED) is 0.761. The SMILES string of the molecule is C[C@H](NC(=O)c1ccc(-n2cnnc2)cc1Cl)c1ccc2c(c1)CCC2. The summed E-state index contributed by atoms with van der Waals surface area (Å²) >= 11 is 6.33. The average molecular weight is 367 g/mol. The van der Waals surface area contributed by atoms with Gasteiger partial charge in [0.1, 0.15) is 12.7 Å². The van der Waals surface area contributed by atoms with Crippen LogP contribution in [-0.4, -0.2) is 20.7 Å².